The molecule has 0 aromatic carbocycles. The molecule has 2 rings (SSSR count). The van der Waals surface area contributed by atoms with Crippen molar-refractivity contribution in [3.05, 3.63) is 23.8 Å². The summed E-state index contributed by atoms with van der Waals surface area (Å²) >= 11 is 5.73. The zero-order valence-electron chi connectivity index (χ0n) is 10.2. The first-order valence-corrected chi connectivity index (χ1v) is 6.78. The first-order chi connectivity index (χ1) is 8.35. The number of rotatable bonds is 4. The smallest absolute Gasteiger partial charge is 0.157 e. The van der Waals surface area contributed by atoms with E-state index in [2.05, 4.69) is 9.97 Å². The molecule has 0 N–H and O–H groups in total. The monoisotopic (exact) mass is 254 g/mol. The van der Waals surface area contributed by atoms with Gasteiger partial charge in [0.15, 0.2) is 5.82 Å². The van der Waals surface area contributed by atoms with Crippen molar-refractivity contribution in [3.63, 3.8) is 0 Å². The highest BCUT2D eigenvalue weighted by atomic mass is 35.5. The third-order valence-electron chi connectivity index (χ3n) is 3.47. The molecular formula is C13H19ClN2O. The standard InChI is InChI=1S/C13H19ClN2O/c1-17-12(11-5-3-2-4-6-11)13-15-8-10(7-14)9-16-13/h8-9,11-12H,2-7H2,1H3. The van der Waals surface area contributed by atoms with Gasteiger partial charge < -0.3 is 4.74 Å². The fraction of sp³-hybridized carbons (Fsp3) is 0.692. The number of halogens is 1. The second-order valence-corrected chi connectivity index (χ2v) is 4.90. The van der Waals surface area contributed by atoms with Gasteiger partial charge in [-0.25, -0.2) is 9.97 Å². The van der Waals surface area contributed by atoms with Crippen molar-refractivity contribution in [2.75, 3.05) is 7.11 Å². The highest BCUT2D eigenvalue weighted by Crippen LogP contribution is 2.34. The Bertz CT molecular complexity index is 336. The van der Waals surface area contributed by atoms with Gasteiger partial charge in [-0.05, 0) is 18.8 Å². The third kappa shape index (κ3) is 3.17. The van der Waals surface area contributed by atoms with Crippen LogP contribution in [-0.2, 0) is 10.6 Å². The van der Waals surface area contributed by atoms with E-state index >= 15 is 0 Å². The minimum absolute atomic E-state index is 0.0414. The van der Waals surface area contributed by atoms with E-state index in [-0.39, 0.29) is 6.10 Å². The number of aromatic nitrogens is 2. The van der Waals surface area contributed by atoms with Crippen molar-refractivity contribution in [2.45, 2.75) is 44.1 Å². The molecule has 0 bridgehead atoms. The van der Waals surface area contributed by atoms with Crippen molar-refractivity contribution < 1.29 is 4.74 Å². The predicted octanol–water partition coefficient (Wildman–Crippen LogP) is 3.48. The molecule has 1 heterocycles. The zero-order chi connectivity index (χ0) is 12.1. The van der Waals surface area contributed by atoms with E-state index in [1.165, 1.54) is 32.1 Å². The van der Waals surface area contributed by atoms with Gasteiger partial charge in [-0.2, -0.15) is 0 Å². The number of nitrogens with zero attached hydrogens (tertiary/aromatic N) is 2. The van der Waals surface area contributed by atoms with Crippen molar-refractivity contribution in [1.29, 1.82) is 0 Å². The molecular weight excluding hydrogens is 236 g/mol. The molecule has 1 aliphatic rings. The van der Waals surface area contributed by atoms with Crippen LogP contribution in [0.25, 0.3) is 0 Å². The lowest BCUT2D eigenvalue weighted by atomic mass is 9.85. The second-order valence-electron chi connectivity index (χ2n) is 4.64. The van der Waals surface area contributed by atoms with E-state index in [0.717, 1.165) is 11.4 Å². The summed E-state index contributed by atoms with van der Waals surface area (Å²) in [7, 11) is 1.75. The van der Waals surface area contributed by atoms with Crippen molar-refractivity contribution in [2.24, 2.45) is 5.92 Å². The van der Waals surface area contributed by atoms with Crippen LogP contribution < -0.4 is 0 Å². The van der Waals surface area contributed by atoms with Crippen LogP contribution in [0.15, 0.2) is 12.4 Å². The van der Waals surface area contributed by atoms with Crippen LogP contribution in [-0.4, -0.2) is 17.1 Å². The van der Waals surface area contributed by atoms with E-state index in [4.69, 9.17) is 16.3 Å². The molecule has 1 fully saturated rings. The maximum Gasteiger partial charge on any atom is 0.157 e. The van der Waals surface area contributed by atoms with Crippen LogP contribution in [0.3, 0.4) is 0 Å². The van der Waals surface area contributed by atoms with Gasteiger partial charge in [-0.1, -0.05) is 19.3 Å². The van der Waals surface area contributed by atoms with Gasteiger partial charge in [0.05, 0.1) is 5.88 Å². The fourth-order valence-electron chi connectivity index (χ4n) is 2.53. The summed E-state index contributed by atoms with van der Waals surface area (Å²) in [6, 6.07) is 0. The maximum atomic E-state index is 5.73. The first kappa shape index (κ1) is 12.8. The molecule has 0 saturated heterocycles. The Kier molecular flexibility index (Phi) is 4.75. The average Bonchev–Trinajstić information content (AvgIpc) is 2.42. The van der Waals surface area contributed by atoms with Crippen molar-refractivity contribution >= 4 is 11.6 Å². The predicted molar refractivity (Wildman–Crippen MR) is 67.9 cm³/mol. The lowest BCUT2D eigenvalue weighted by Crippen LogP contribution is -2.20. The fourth-order valence-corrected chi connectivity index (χ4v) is 2.66. The molecule has 0 spiro atoms. The Morgan fingerprint density at radius 1 is 1.29 bits per heavy atom. The van der Waals surface area contributed by atoms with Gasteiger partial charge >= 0.3 is 0 Å². The number of hydrogen-bond donors (Lipinski definition) is 0. The third-order valence-corrected chi connectivity index (χ3v) is 3.77. The normalized spacial score (nSPS) is 19.2. The molecule has 3 nitrogen and oxygen atoms in total. The topological polar surface area (TPSA) is 35.0 Å². The summed E-state index contributed by atoms with van der Waals surface area (Å²) < 4.78 is 5.59. The number of hydrogen-bond acceptors (Lipinski definition) is 3. The molecule has 0 aliphatic heterocycles. The molecule has 4 heteroatoms. The molecule has 0 radical (unpaired) electrons. The lowest BCUT2D eigenvalue weighted by molar-refractivity contribution is 0.0289. The van der Waals surface area contributed by atoms with Gasteiger partial charge in [-0.15, -0.1) is 11.6 Å². The molecule has 0 amide bonds. The summed E-state index contributed by atoms with van der Waals surface area (Å²) in [5, 5.41) is 0. The summed E-state index contributed by atoms with van der Waals surface area (Å²) in [4.78, 5) is 8.75. The molecule has 94 valence electrons. The minimum Gasteiger partial charge on any atom is -0.373 e. The van der Waals surface area contributed by atoms with Crippen LogP contribution in [0, 0.1) is 5.92 Å². The van der Waals surface area contributed by atoms with Crippen LogP contribution >= 0.6 is 11.6 Å². The maximum absolute atomic E-state index is 5.73. The Balaban J connectivity index is 2.10. The molecule has 1 atom stereocenters. The number of alkyl halides is 1. The molecule has 1 aromatic rings. The Labute approximate surface area is 108 Å². The molecule has 1 aliphatic carbocycles. The molecule has 1 unspecified atom stereocenters. The highest BCUT2D eigenvalue weighted by Gasteiger charge is 2.26. The summed E-state index contributed by atoms with van der Waals surface area (Å²) in [5.74, 6) is 1.82. The molecule has 1 saturated carbocycles. The van der Waals surface area contributed by atoms with Crippen LogP contribution in [0.2, 0.25) is 0 Å². The van der Waals surface area contributed by atoms with Gasteiger partial charge in [0, 0.05) is 25.1 Å². The van der Waals surface area contributed by atoms with E-state index < -0.39 is 0 Å². The van der Waals surface area contributed by atoms with E-state index in [1.54, 1.807) is 19.5 Å². The van der Waals surface area contributed by atoms with Crippen molar-refractivity contribution in [1.82, 2.24) is 9.97 Å². The van der Waals surface area contributed by atoms with Gasteiger partial charge in [0.25, 0.3) is 0 Å². The Morgan fingerprint density at radius 2 is 1.94 bits per heavy atom. The summed E-state index contributed by atoms with van der Waals surface area (Å²) in [6.07, 6.45) is 10.0. The molecule has 17 heavy (non-hydrogen) atoms. The van der Waals surface area contributed by atoms with Crippen LogP contribution in [0.4, 0.5) is 0 Å². The van der Waals surface area contributed by atoms with E-state index in [9.17, 15) is 0 Å². The molecule has 1 aromatic heterocycles. The van der Waals surface area contributed by atoms with Crippen molar-refractivity contribution in [3.8, 4) is 0 Å². The van der Waals surface area contributed by atoms with Gasteiger partial charge in [0.1, 0.15) is 6.10 Å². The average molecular weight is 255 g/mol. The number of ether oxygens (including phenoxy) is 1. The van der Waals surface area contributed by atoms with E-state index in [0.29, 0.717) is 11.8 Å². The SMILES string of the molecule is COC(c1ncc(CCl)cn1)C1CCCCC1. The minimum atomic E-state index is 0.0414. The van der Waals surface area contributed by atoms with Gasteiger partial charge in [-0.3, -0.25) is 0 Å². The largest absolute Gasteiger partial charge is 0.373 e. The summed E-state index contributed by atoms with van der Waals surface area (Å²) in [6.45, 7) is 0. The Hall–Kier alpha value is -0.670. The zero-order valence-corrected chi connectivity index (χ0v) is 11.0. The second kappa shape index (κ2) is 6.31. The lowest BCUT2D eigenvalue weighted by Gasteiger charge is -2.28. The summed E-state index contributed by atoms with van der Waals surface area (Å²) in [5.41, 5.74) is 0.953. The number of methoxy groups -OCH3 is 1. The Morgan fingerprint density at radius 3 is 2.47 bits per heavy atom. The van der Waals surface area contributed by atoms with Crippen LogP contribution in [0.1, 0.15) is 49.6 Å². The van der Waals surface area contributed by atoms with E-state index in [1.807, 2.05) is 0 Å². The quantitative estimate of drug-likeness (QED) is 0.772. The highest BCUT2D eigenvalue weighted by molar-refractivity contribution is 6.17. The van der Waals surface area contributed by atoms with Gasteiger partial charge in [0.2, 0.25) is 0 Å². The first-order valence-electron chi connectivity index (χ1n) is 6.24. The van der Waals surface area contributed by atoms with Crippen LogP contribution in [0.5, 0.6) is 0 Å².